The minimum Gasteiger partial charge on any atom is -0.316 e. The van der Waals surface area contributed by atoms with E-state index < -0.39 is 0 Å². The second kappa shape index (κ2) is 9.45. The highest BCUT2D eigenvalue weighted by atomic mass is 31.0. The summed E-state index contributed by atoms with van der Waals surface area (Å²) in [4.78, 5) is 0. The SMILES string of the molecule is PCC1C2CC3CC(C2)CC1(c1ccc(-c2ccccc2)cc1C(P)(C1CCNC1)C1CCNC1)C3. The predicted octanol–water partition coefficient (Wildman–Crippen LogP) is 6.21. The quantitative estimate of drug-likeness (QED) is 0.444. The van der Waals surface area contributed by atoms with Crippen molar-refractivity contribution in [1.82, 2.24) is 10.6 Å². The van der Waals surface area contributed by atoms with E-state index in [2.05, 4.69) is 77.6 Å². The maximum atomic E-state index is 3.76. The van der Waals surface area contributed by atoms with Gasteiger partial charge in [-0.1, -0.05) is 42.5 Å². The van der Waals surface area contributed by atoms with Crippen LogP contribution in [0.15, 0.2) is 48.5 Å². The van der Waals surface area contributed by atoms with Crippen molar-refractivity contribution in [3.63, 3.8) is 0 Å². The van der Waals surface area contributed by atoms with Crippen LogP contribution < -0.4 is 10.6 Å². The number of nitrogens with one attached hydrogen (secondary N) is 2. The number of hydrogen-bond acceptors (Lipinski definition) is 2. The summed E-state index contributed by atoms with van der Waals surface area (Å²) in [7, 11) is 6.75. The lowest BCUT2D eigenvalue weighted by atomic mass is 9.43. The highest BCUT2D eigenvalue weighted by Crippen LogP contribution is 2.66. The highest BCUT2D eigenvalue weighted by Gasteiger charge is 2.59. The van der Waals surface area contributed by atoms with Crippen molar-refractivity contribution in [2.75, 3.05) is 32.3 Å². The normalized spacial score (nSPS) is 38.9. The van der Waals surface area contributed by atoms with Crippen molar-refractivity contribution in [3.8, 4) is 11.1 Å². The van der Waals surface area contributed by atoms with Gasteiger partial charge in [0.25, 0.3) is 0 Å². The minimum atomic E-state index is 0.127. The lowest BCUT2D eigenvalue weighted by Gasteiger charge is -2.62. The lowest BCUT2D eigenvalue weighted by Crippen LogP contribution is -2.56. The molecular weight excluding hydrogens is 474 g/mol. The second-order valence-electron chi connectivity index (χ2n) is 13.0. The Balaban J connectivity index is 1.44. The van der Waals surface area contributed by atoms with Crippen molar-refractivity contribution in [2.45, 2.75) is 55.5 Å². The van der Waals surface area contributed by atoms with Gasteiger partial charge in [-0.15, -0.1) is 18.5 Å². The van der Waals surface area contributed by atoms with E-state index in [9.17, 15) is 0 Å². The van der Waals surface area contributed by atoms with E-state index >= 15 is 0 Å². The predicted molar refractivity (Wildman–Crippen MR) is 159 cm³/mol. The molecule has 8 rings (SSSR count). The van der Waals surface area contributed by atoms with Gasteiger partial charge in [-0.3, -0.25) is 0 Å². The molecule has 36 heavy (non-hydrogen) atoms. The molecule has 4 bridgehead atoms. The minimum absolute atomic E-state index is 0.127. The summed E-state index contributed by atoms with van der Waals surface area (Å²) in [5.74, 6) is 5.04. The monoisotopic (exact) mass is 518 g/mol. The van der Waals surface area contributed by atoms with Gasteiger partial charge in [0.05, 0.1) is 0 Å². The van der Waals surface area contributed by atoms with Gasteiger partial charge in [0.1, 0.15) is 0 Å². The van der Waals surface area contributed by atoms with Crippen LogP contribution in [0.1, 0.15) is 56.1 Å². The molecule has 2 aliphatic heterocycles. The molecule has 2 nitrogen and oxygen atoms in total. The van der Waals surface area contributed by atoms with E-state index in [0.717, 1.165) is 36.8 Å². The van der Waals surface area contributed by atoms with Gasteiger partial charge in [0, 0.05) is 5.16 Å². The third kappa shape index (κ3) is 3.72. The van der Waals surface area contributed by atoms with Crippen molar-refractivity contribution in [1.29, 1.82) is 0 Å². The Morgan fingerprint density at radius 1 is 0.833 bits per heavy atom. The topological polar surface area (TPSA) is 24.1 Å². The molecule has 6 fully saturated rings. The Morgan fingerprint density at radius 3 is 2.08 bits per heavy atom. The van der Waals surface area contributed by atoms with E-state index in [-0.39, 0.29) is 5.16 Å². The van der Waals surface area contributed by atoms with Crippen molar-refractivity contribution in [2.24, 2.45) is 35.5 Å². The summed E-state index contributed by atoms with van der Waals surface area (Å²) in [6, 6.07) is 18.9. The molecule has 2 saturated heterocycles. The molecule has 192 valence electrons. The van der Waals surface area contributed by atoms with Gasteiger partial charge in [0.2, 0.25) is 0 Å². The van der Waals surface area contributed by atoms with E-state index in [4.69, 9.17) is 0 Å². The molecule has 7 unspecified atom stereocenters. The maximum Gasteiger partial charge on any atom is 0.0182 e. The zero-order valence-corrected chi connectivity index (χ0v) is 24.0. The highest BCUT2D eigenvalue weighted by molar-refractivity contribution is 7.18. The molecule has 7 atom stereocenters. The molecule has 2 heterocycles. The average molecular weight is 519 g/mol. The lowest BCUT2D eigenvalue weighted by molar-refractivity contribution is -0.0525. The standard InChI is InChI=1S/C32H44N2P2/c35-20-30-25-13-21-12-22(14-25)17-31(30,16-21)28-7-6-24(23-4-2-1-3-5-23)15-29(28)32(36,26-8-10-33-18-26)27-9-11-34-19-27/h1-7,15,21-22,25-27,30,33-34H,8-14,16-20,35-36H2. The van der Waals surface area contributed by atoms with Crippen LogP contribution in [0.4, 0.5) is 0 Å². The Bertz CT molecular complexity index is 1060. The summed E-state index contributed by atoms with van der Waals surface area (Å²) in [5.41, 5.74) is 6.59. The number of hydrogen-bond donors (Lipinski definition) is 2. The average Bonchev–Trinajstić information content (AvgIpc) is 3.64. The maximum absolute atomic E-state index is 3.76. The van der Waals surface area contributed by atoms with Crippen LogP contribution in [-0.4, -0.2) is 32.3 Å². The van der Waals surface area contributed by atoms with Gasteiger partial charge in [-0.05, 0) is 147 Å². The molecule has 0 radical (unpaired) electrons. The molecular formula is C32H44N2P2. The zero-order chi connectivity index (χ0) is 24.3. The van der Waals surface area contributed by atoms with Gasteiger partial charge in [-0.25, -0.2) is 0 Å². The second-order valence-corrected chi connectivity index (χ2v) is 14.5. The first-order chi connectivity index (χ1) is 17.6. The van der Waals surface area contributed by atoms with Gasteiger partial charge in [-0.2, -0.15) is 0 Å². The van der Waals surface area contributed by atoms with Crippen LogP contribution >= 0.6 is 18.5 Å². The summed E-state index contributed by atoms with van der Waals surface area (Å²) in [6.45, 7) is 4.65. The number of rotatable bonds is 6. The largest absolute Gasteiger partial charge is 0.316 e. The molecule has 4 aliphatic carbocycles. The fraction of sp³-hybridized carbons (Fsp3) is 0.625. The third-order valence-electron chi connectivity index (χ3n) is 11.4. The van der Waals surface area contributed by atoms with Crippen molar-refractivity contribution < 1.29 is 0 Å². The van der Waals surface area contributed by atoms with E-state index in [1.54, 1.807) is 11.1 Å². The summed E-state index contributed by atoms with van der Waals surface area (Å²) >= 11 is 0. The molecule has 4 heteroatoms. The van der Waals surface area contributed by atoms with Gasteiger partial charge in [0.15, 0.2) is 0 Å². The van der Waals surface area contributed by atoms with Crippen molar-refractivity contribution in [3.05, 3.63) is 59.7 Å². The first-order valence-electron chi connectivity index (χ1n) is 14.7. The summed E-state index contributed by atoms with van der Waals surface area (Å²) in [5, 5.41) is 7.64. The molecule has 4 saturated carbocycles. The zero-order valence-electron chi connectivity index (χ0n) is 21.7. The Labute approximate surface area is 223 Å². The first kappa shape index (κ1) is 24.3. The molecule has 2 aromatic rings. The van der Waals surface area contributed by atoms with Gasteiger partial charge >= 0.3 is 0 Å². The molecule has 0 amide bonds. The third-order valence-corrected chi connectivity index (χ3v) is 13.1. The fourth-order valence-corrected chi connectivity index (χ4v) is 11.7. The molecule has 6 aliphatic rings. The molecule has 2 aromatic carbocycles. The van der Waals surface area contributed by atoms with Crippen LogP contribution in [-0.2, 0) is 10.6 Å². The van der Waals surface area contributed by atoms with Crippen LogP contribution in [0.2, 0.25) is 0 Å². The Morgan fingerprint density at radius 2 is 1.50 bits per heavy atom. The summed E-state index contributed by atoms with van der Waals surface area (Å²) < 4.78 is 0. The van der Waals surface area contributed by atoms with E-state index in [0.29, 0.717) is 17.3 Å². The molecule has 2 N–H and O–H groups in total. The molecule has 0 aromatic heterocycles. The van der Waals surface area contributed by atoms with Crippen LogP contribution in [0.25, 0.3) is 11.1 Å². The summed E-state index contributed by atoms with van der Waals surface area (Å²) in [6.07, 6.45) is 11.2. The van der Waals surface area contributed by atoms with Gasteiger partial charge < -0.3 is 10.6 Å². The molecule has 0 spiro atoms. The van der Waals surface area contributed by atoms with Crippen LogP contribution in [0.5, 0.6) is 0 Å². The van der Waals surface area contributed by atoms with Crippen LogP contribution in [0.3, 0.4) is 0 Å². The van der Waals surface area contributed by atoms with E-state index in [1.165, 1.54) is 75.3 Å². The van der Waals surface area contributed by atoms with Crippen LogP contribution in [0, 0.1) is 35.5 Å². The Hall–Kier alpha value is -0.780. The first-order valence-corrected chi connectivity index (χ1v) is 16.1. The fourth-order valence-electron chi connectivity index (χ4n) is 10.0. The van der Waals surface area contributed by atoms with Crippen molar-refractivity contribution >= 4 is 18.5 Å². The number of benzene rings is 2. The smallest absolute Gasteiger partial charge is 0.0182 e. The Kier molecular flexibility index (Phi) is 6.37. The van der Waals surface area contributed by atoms with E-state index in [1.807, 2.05) is 0 Å².